The lowest BCUT2D eigenvalue weighted by molar-refractivity contribution is 0.0154. The van der Waals surface area contributed by atoms with Crippen molar-refractivity contribution in [3.8, 4) is 0 Å². The first-order valence-electron chi connectivity index (χ1n) is 7.81. The third-order valence-corrected chi connectivity index (χ3v) is 4.28. The Morgan fingerprint density at radius 1 is 1.20 bits per heavy atom. The van der Waals surface area contributed by atoms with Crippen molar-refractivity contribution in [2.75, 3.05) is 32.7 Å². The summed E-state index contributed by atoms with van der Waals surface area (Å²) in [6, 6.07) is 0.616. The fourth-order valence-electron chi connectivity index (χ4n) is 3.13. The molecule has 0 aromatic carbocycles. The van der Waals surface area contributed by atoms with Crippen molar-refractivity contribution < 1.29 is 9.53 Å². The average molecular weight is 283 g/mol. The van der Waals surface area contributed by atoms with E-state index in [-0.39, 0.29) is 6.09 Å². The maximum Gasteiger partial charge on any atom is 0.410 e. The molecule has 1 unspecified atom stereocenters. The number of amides is 1. The molecule has 2 heterocycles. The largest absolute Gasteiger partial charge is 0.444 e. The van der Waals surface area contributed by atoms with Gasteiger partial charge in [0.25, 0.3) is 0 Å². The van der Waals surface area contributed by atoms with Gasteiger partial charge in [-0.25, -0.2) is 4.79 Å². The van der Waals surface area contributed by atoms with E-state index in [0.29, 0.717) is 12.0 Å². The van der Waals surface area contributed by atoms with Gasteiger partial charge in [-0.05, 0) is 59.0 Å². The van der Waals surface area contributed by atoms with Crippen molar-refractivity contribution >= 4 is 6.09 Å². The van der Waals surface area contributed by atoms with Gasteiger partial charge in [0.05, 0.1) is 0 Å². The molecule has 0 spiro atoms. The molecule has 5 nitrogen and oxygen atoms in total. The van der Waals surface area contributed by atoms with Gasteiger partial charge in [0.2, 0.25) is 0 Å². The van der Waals surface area contributed by atoms with Gasteiger partial charge in [0.15, 0.2) is 0 Å². The van der Waals surface area contributed by atoms with Crippen LogP contribution >= 0.6 is 0 Å². The quantitative estimate of drug-likeness (QED) is 0.837. The van der Waals surface area contributed by atoms with Crippen LogP contribution in [0.3, 0.4) is 0 Å². The lowest BCUT2D eigenvalue weighted by atomic mass is 10.0. The molecular weight excluding hydrogens is 254 g/mol. The van der Waals surface area contributed by atoms with E-state index in [9.17, 15) is 4.79 Å². The monoisotopic (exact) mass is 283 g/mol. The van der Waals surface area contributed by atoms with Crippen LogP contribution in [-0.2, 0) is 4.74 Å². The average Bonchev–Trinajstić information content (AvgIpc) is 2.85. The van der Waals surface area contributed by atoms with Crippen molar-refractivity contribution in [3.05, 3.63) is 0 Å². The third-order valence-electron chi connectivity index (χ3n) is 4.28. The molecule has 0 aromatic rings. The number of likely N-dealkylation sites (tertiary alicyclic amines) is 2. The number of nitrogens with zero attached hydrogens (tertiary/aromatic N) is 2. The predicted octanol–water partition coefficient (Wildman–Crippen LogP) is 1.67. The highest BCUT2D eigenvalue weighted by Crippen LogP contribution is 2.24. The summed E-state index contributed by atoms with van der Waals surface area (Å²) in [6.07, 6.45) is 3.16. The molecular formula is C15H29N3O2. The van der Waals surface area contributed by atoms with Crippen LogP contribution in [0.1, 0.15) is 40.0 Å². The minimum Gasteiger partial charge on any atom is -0.444 e. The van der Waals surface area contributed by atoms with Crippen LogP contribution in [0.25, 0.3) is 0 Å². The van der Waals surface area contributed by atoms with Crippen LogP contribution in [0.5, 0.6) is 0 Å². The Hall–Kier alpha value is -0.810. The fourth-order valence-corrected chi connectivity index (χ4v) is 3.13. The Morgan fingerprint density at radius 3 is 2.35 bits per heavy atom. The number of piperidine rings is 1. The van der Waals surface area contributed by atoms with E-state index in [0.717, 1.165) is 39.0 Å². The highest BCUT2D eigenvalue weighted by atomic mass is 16.6. The standard InChI is InChI=1S/C15H29N3O2/c1-15(2,3)20-14(19)17-8-5-13(6-9-17)18-7-4-12(10-16)11-18/h12-13H,4-11,16H2,1-3H3. The first kappa shape index (κ1) is 15.6. The molecule has 2 rings (SSSR count). The lowest BCUT2D eigenvalue weighted by Crippen LogP contribution is -2.47. The van der Waals surface area contributed by atoms with E-state index >= 15 is 0 Å². The molecule has 0 bridgehead atoms. The zero-order valence-electron chi connectivity index (χ0n) is 13.1. The van der Waals surface area contributed by atoms with Gasteiger partial charge >= 0.3 is 6.09 Å². The first-order chi connectivity index (χ1) is 9.39. The van der Waals surface area contributed by atoms with Gasteiger partial charge in [-0.1, -0.05) is 0 Å². The Morgan fingerprint density at radius 2 is 1.85 bits per heavy atom. The van der Waals surface area contributed by atoms with Crippen LogP contribution in [0, 0.1) is 5.92 Å². The summed E-state index contributed by atoms with van der Waals surface area (Å²) in [5.41, 5.74) is 5.34. The van der Waals surface area contributed by atoms with Crippen LogP contribution < -0.4 is 5.73 Å². The van der Waals surface area contributed by atoms with Gasteiger partial charge in [0, 0.05) is 25.7 Å². The highest BCUT2D eigenvalue weighted by molar-refractivity contribution is 5.68. The summed E-state index contributed by atoms with van der Waals surface area (Å²) in [7, 11) is 0. The molecule has 1 atom stereocenters. The van der Waals surface area contributed by atoms with E-state index in [4.69, 9.17) is 10.5 Å². The van der Waals surface area contributed by atoms with Crippen LogP contribution in [0.15, 0.2) is 0 Å². The molecule has 5 heteroatoms. The Balaban J connectivity index is 1.76. The fraction of sp³-hybridized carbons (Fsp3) is 0.933. The minimum absolute atomic E-state index is 0.169. The third kappa shape index (κ3) is 4.09. The van der Waals surface area contributed by atoms with Gasteiger partial charge < -0.3 is 15.4 Å². The number of nitrogens with two attached hydrogens (primary N) is 1. The zero-order chi connectivity index (χ0) is 14.8. The molecule has 2 aliphatic rings. The molecule has 116 valence electrons. The molecule has 2 fully saturated rings. The van der Waals surface area contributed by atoms with Crippen molar-refractivity contribution in [2.45, 2.75) is 51.7 Å². The summed E-state index contributed by atoms with van der Waals surface area (Å²) in [5.74, 6) is 0.666. The van der Waals surface area contributed by atoms with Gasteiger partial charge in [0.1, 0.15) is 5.60 Å². The predicted molar refractivity (Wildman–Crippen MR) is 79.6 cm³/mol. The van der Waals surface area contributed by atoms with E-state index in [1.165, 1.54) is 13.0 Å². The molecule has 0 aromatic heterocycles. The van der Waals surface area contributed by atoms with Crippen molar-refractivity contribution in [3.63, 3.8) is 0 Å². The topological polar surface area (TPSA) is 58.8 Å². The maximum atomic E-state index is 12.0. The van der Waals surface area contributed by atoms with Crippen LogP contribution in [-0.4, -0.2) is 60.3 Å². The summed E-state index contributed by atoms with van der Waals surface area (Å²) in [4.78, 5) is 16.4. The van der Waals surface area contributed by atoms with Crippen molar-refractivity contribution in [2.24, 2.45) is 11.7 Å². The van der Waals surface area contributed by atoms with Gasteiger partial charge in [-0.15, -0.1) is 0 Å². The van der Waals surface area contributed by atoms with Crippen molar-refractivity contribution in [1.82, 2.24) is 9.80 Å². The van der Waals surface area contributed by atoms with E-state index in [1.54, 1.807) is 0 Å². The SMILES string of the molecule is CC(C)(C)OC(=O)N1CCC(N2CCC(CN)C2)CC1. The molecule has 2 saturated heterocycles. The second-order valence-corrected chi connectivity index (χ2v) is 7.08. The van der Waals surface area contributed by atoms with E-state index in [1.807, 2.05) is 25.7 Å². The molecule has 1 amide bonds. The lowest BCUT2D eigenvalue weighted by Gasteiger charge is -2.37. The Bertz CT molecular complexity index is 333. The van der Waals surface area contributed by atoms with Crippen LogP contribution in [0.2, 0.25) is 0 Å². The number of hydrogen-bond donors (Lipinski definition) is 1. The number of hydrogen-bond acceptors (Lipinski definition) is 4. The van der Waals surface area contributed by atoms with Gasteiger partial charge in [-0.3, -0.25) is 4.90 Å². The summed E-state index contributed by atoms with van der Waals surface area (Å²) in [5, 5.41) is 0. The van der Waals surface area contributed by atoms with Crippen LogP contribution in [0.4, 0.5) is 4.79 Å². The number of ether oxygens (including phenoxy) is 1. The zero-order valence-corrected chi connectivity index (χ0v) is 13.1. The van der Waals surface area contributed by atoms with E-state index in [2.05, 4.69) is 4.90 Å². The normalized spacial score (nSPS) is 26.0. The second kappa shape index (κ2) is 6.31. The second-order valence-electron chi connectivity index (χ2n) is 7.08. The molecule has 2 N–H and O–H groups in total. The molecule has 0 radical (unpaired) electrons. The Labute approximate surface area is 122 Å². The maximum absolute atomic E-state index is 12.0. The summed E-state index contributed by atoms with van der Waals surface area (Å²) < 4.78 is 5.43. The smallest absolute Gasteiger partial charge is 0.410 e. The van der Waals surface area contributed by atoms with Gasteiger partial charge in [-0.2, -0.15) is 0 Å². The molecule has 0 aliphatic carbocycles. The summed E-state index contributed by atoms with van der Waals surface area (Å²) >= 11 is 0. The van der Waals surface area contributed by atoms with Crippen molar-refractivity contribution in [1.29, 1.82) is 0 Å². The minimum atomic E-state index is -0.406. The number of rotatable bonds is 2. The molecule has 0 saturated carbocycles. The summed E-state index contributed by atoms with van der Waals surface area (Å²) in [6.45, 7) is 10.4. The highest BCUT2D eigenvalue weighted by Gasteiger charge is 2.32. The van der Waals surface area contributed by atoms with E-state index < -0.39 is 5.60 Å². The first-order valence-corrected chi connectivity index (χ1v) is 7.81. The molecule has 2 aliphatic heterocycles. The number of carbonyl (C=O) groups excluding carboxylic acids is 1. The number of carbonyl (C=O) groups is 1. The molecule has 20 heavy (non-hydrogen) atoms. The Kier molecular flexibility index (Phi) is 4.91.